The van der Waals surface area contributed by atoms with Crippen LogP contribution in [0.3, 0.4) is 0 Å². The second kappa shape index (κ2) is 3.70. The van der Waals surface area contributed by atoms with Crippen molar-refractivity contribution in [3.05, 3.63) is 60.3 Å². The van der Waals surface area contributed by atoms with E-state index in [0.717, 1.165) is 11.1 Å². The minimum absolute atomic E-state index is 1.02. The molecule has 1 aromatic carbocycles. The first-order valence-corrected chi connectivity index (χ1v) is 4.18. The fourth-order valence-corrected chi connectivity index (χ4v) is 1.17. The standard InChI is InChI=1S/C12H9N/c1-2-6-11(7-3-1)12-8-4-5-9-13-10-12/h1-9H. The predicted octanol–water partition coefficient (Wildman–Crippen LogP) is 2.82. The monoisotopic (exact) mass is 167 g/mol. The van der Waals surface area contributed by atoms with Gasteiger partial charge in [-0.05, 0) is 23.6 Å². The molecule has 1 aromatic rings. The molecule has 1 heteroatoms. The van der Waals surface area contributed by atoms with Crippen molar-refractivity contribution in [1.29, 1.82) is 0 Å². The number of allylic oxidation sites excluding steroid dienone is 4. The van der Waals surface area contributed by atoms with Crippen molar-refractivity contribution < 1.29 is 0 Å². The van der Waals surface area contributed by atoms with Crippen molar-refractivity contribution in [2.24, 2.45) is 4.99 Å². The molecule has 0 amide bonds. The van der Waals surface area contributed by atoms with E-state index in [-0.39, 0.29) is 0 Å². The molecular weight excluding hydrogens is 158 g/mol. The van der Waals surface area contributed by atoms with Gasteiger partial charge in [-0.3, -0.25) is 0 Å². The summed E-state index contributed by atoms with van der Waals surface area (Å²) in [4.78, 5) is 4.00. The Hall–Kier alpha value is -1.85. The molecule has 0 atom stereocenters. The zero-order valence-electron chi connectivity index (χ0n) is 7.14. The lowest BCUT2D eigenvalue weighted by Gasteiger charge is -1.95. The molecule has 0 aromatic heterocycles. The zero-order valence-corrected chi connectivity index (χ0v) is 7.14. The molecule has 0 fully saturated rings. The third kappa shape index (κ3) is 1.84. The highest BCUT2D eigenvalue weighted by atomic mass is 14.6. The lowest BCUT2D eigenvalue weighted by atomic mass is 10.1. The topological polar surface area (TPSA) is 12.4 Å². The highest BCUT2D eigenvalue weighted by Crippen LogP contribution is 2.12. The predicted molar refractivity (Wildman–Crippen MR) is 55.6 cm³/mol. The van der Waals surface area contributed by atoms with E-state index in [2.05, 4.69) is 10.9 Å². The van der Waals surface area contributed by atoms with Crippen molar-refractivity contribution in [1.82, 2.24) is 0 Å². The average molecular weight is 167 g/mol. The van der Waals surface area contributed by atoms with Gasteiger partial charge in [0.25, 0.3) is 0 Å². The van der Waals surface area contributed by atoms with Crippen LogP contribution in [-0.2, 0) is 0 Å². The maximum absolute atomic E-state index is 4.00. The summed E-state index contributed by atoms with van der Waals surface area (Å²) in [6.07, 6.45) is 7.59. The molecule has 1 heterocycles. The molecule has 1 nitrogen and oxygen atoms in total. The van der Waals surface area contributed by atoms with Gasteiger partial charge in [-0.2, -0.15) is 0 Å². The van der Waals surface area contributed by atoms with Crippen LogP contribution in [0.5, 0.6) is 0 Å². The molecule has 0 saturated heterocycles. The van der Waals surface area contributed by atoms with Crippen LogP contribution in [0.4, 0.5) is 0 Å². The van der Waals surface area contributed by atoms with Crippen LogP contribution in [0.25, 0.3) is 5.57 Å². The molecule has 0 bridgehead atoms. The van der Waals surface area contributed by atoms with Crippen LogP contribution in [0.2, 0.25) is 0 Å². The summed E-state index contributed by atoms with van der Waals surface area (Å²) in [5, 5.41) is 0. The lowest BCUT2D eigenvalue weighted by molar-refractivity contribution is 1.61. The molecule has 0 aliphatic carbocycles. The van der Waals surface area contributed by atoms with E-state index in [0.29, 0.717) is 0 Å². The Morgan fingerprint density at radius 1 is 1.00 bits per heavy atom. The van der Waals surface area contributed by atoms with E-state index in [1.54, 1.807) is 6.20 Å². The van der Waals surface area contributed by atoms with Crippen molar-refractivity contribution in [2.45, 2.75) is 0 Å². The second-order valence-corrected chi connectivity index (χ2v) is 2.72. The van der Waals surface area contributed by atoms with Crippen molar-refractivity contribution in [2.75, 3.05) is 0 Å². The minimum atomic E-state index is 1.02. The summed E-state index contributed by atoms with van der Waals surface area (Å²) < 4.78 is 0. The molecule has 0 radical (unpaired) electrons. The van der Waals surface area contributed by atoms with Gasteiger partial charge in [0.1, 0.15) is 0 Å². The Morgan fingerprint density at radius 3 is 2.69 bits per heavy atom. The molecule has 0 unspecified atom stereocenters. The van der Waals surface area contributed by atoms with Gasteiger partial charge in [0.2, 0.25) is 0 Å². The third-order valence-corrected chi connectivity index (χ3v) is 1.80. The van der Waals surface area contributed by atoms with Crippen LogP contribution >= 0.6 is 0 Å². The number of hydrogen-bond donors (Lipinski definition) is 0. The van der Waals surface area contributed by atoms with E-state index < -0.39 is 0 Å². The van der Waals surface area contributed by atoms with E-state index in [1.807, 2.05) is 48.6 Å². The summed E-state index contributed by atoms with van der Waals surface area (Å²) in [5.41, 5.74) is 2.16. The second-order valence-electron chi connectivity index (χ2n) is 2.72. The van der Waals surface area contributed by atoms with Crippen LogP contribution in [0.1, 0.15) is 5.56 Å². The van der Waals surface area contributed by atoms with Crippen LogP contribution in [0.15, 0.2) is 59.8 Å². The smallest absolute Gasteiger partial charge is 0.0433 e. The van der Waals surface area contributed by atoms with Gasteiger partial charge in [-0.25, -0.2) is 4.99 Å². The molecule has 62 valence electrons. The average Bonchev–Trinajstić information content (AvgIpc) is 2.47. The zero-order chi connectivity index (χ0) is 8.93. The number of rotatable bonds is 1. The Morgan fingerprint density at radius 2 is 1.85 bits per heavy atom. The largest absolute Gasteiger partial charge is 0.214 e. The summed E-state index contributed by atoms with van der Waals surface area (Å²) in [6.45, 7) is 0. The minimum Gasteiger partial charge on any atom is -0.214 e. The normalized spacial score (nSPS) is 14.0. The van der Waals surface area contributed by atoms with E-state index in [1.165, 1.54) is 0 Å². The van der Waals surface area contributed by atoms with E-state index in [9.17, 15) is 0 Å². The van der Waals surface area contributed by atoms with Gasteiger partial charge in [0.05, 0.1) is 0 Å². The molecule has 13 heavy (non-hydrogen) atoms. The highest BCUT2D eigenvalue weighted by Gasteiger charge is 1.95. The quantitative estimate of drug-likeness (QED) is 0.610. The van der Waals surface area contributed by atoms with Crippen molar-refractivity contribution >= 4 is 11.4 Å². The van der Waals surface area contributed by atoms with Gasteiger partial charge in [0, 0.05) is 11.8 Å². The first kappa shape index (κ1) is 7.78. The number of aliphatic imine (C=N–C) groups is 1. The lowest BCUT2D eigenvalue weighted by Crippen LogP contribution is -1.79. The van der Waals surface area contributed by atoms with Gasteiger partial charge in [0.15, 0.2) is 0 Å². The number of hydrogen-bond acceptors (Lipinski definition) is 1. The molecule has 0 saturated carbocycles. The SMILES string of the molecule is C1=NC=CC=CC=1c1ccccc1. The first-order valence-electron chi connectivity index (χ1n) is 4.18. The summed E-state index contributed by atoms with van der Waals surface area (Å²) in [5.74, 6) is 2.97. The Bertz CT molecular complexity index is 404. The number of benzene rings is 1. The van der Waals surface area contributed by atoms with Gasteiger partial charge < -0.3 is 0 Å². The maximum atomic E-state index is 4.00. The fraction of sp³-hybridized carbons (Fsp3) is 0. The third-order valence-electron chi connectivity index (χ3n) is 1.80. The molecule has 0 N–H and O–H groups in total. The first-order chi connectivity index (χ1) is 6.47. The summed E-state index contributed by atoms with van der Waals surface area (Å²) in [7, 11) is 0. The maximum Gasteiger partial charge on any atom is 0.0433 e. The van der Waals surface area contributed by atoms with Gasteiger partial charge in [-0.15, -0.1) is 0 Å². The highest BCUT2D eigenvalue weighted by molar-refractivity contribution is 5.95. The van der Waals surface area contributed by atoms with Crippen LogP contribution in [0, 0.1) is 0 Å². The molecule has 1 aliphatic rings. The summed E-state index contributed by atoms with van der Waals surface area (Å²) in [6, 6.07) is 10.1. The summed E-state index contributed by atoms with van der Waals surface area (Å²) >= 11 is 0. The van der Waals surface area contributed by atoms with E-state index >= 15 is 0 Å². The Balaban J connectivity index is 2.43. The van der Waals surface area contributed by atoms with Gasteiger partial charge >= 0.3 is 0 Å². The van der Waals surface area contributed by atoms with Crippen molar-refractivity contribution in [3.63, 3.8) is 0 Å². The van der Waals surface area contributed by atoms with E-state index in [4.69, 9.17) is 0 Å². The van der Waals surface area contributed by atoms with Crippen LogP contribution < -0.4 is 0 Å². The number of nitrogens with zero attached hydrogens (tertiary/aromatic N) is 1. The Labute approximate surface area is 77.4 Å². The molecule has 1 aliphatic heterocycles. The molecular formula is C12H9N. The molecule has 0 spiro atoms. The fourth-order valence-electron chi connectivity index (χ4n) is 1.17. The Kier molecular flexibility index (Phi) is 2.22. The van der Waals surface area contributed by atoms with Crippen LogP contribution in [-0.4, -0.2) is 5.87 Å². The van der Waals surface area contributed by atoms with Crippen molar-refractivity contribution in [3.8, 4) is 0 Å². The van der Waals surface area contributed by atoms with Gasteiger partial charge in [-0.1, -0.05) is 36.4 Å². The molecule has 2 rings (SSSR count).